The lowest BCUT2D eigenvalue weighted by molar-refractivity contribution is -0.124. The van der Waals surface area contributed by atoms with Gasteiger partial charge in [0.25, 0.3) is 0 Å². The van der Waals surface area contributed by atoms with Gasteiger partial charge in [0.05, 0.1) is 11.9 Å². The van der Waals surface area contributed by atoms with Gasteiger partial charge in [-0.05, 0) is 13.3 Å². The normalized spacial score (nSPS) is 12.5. The van der Waals surface area contributed by atoms with Crippen molar-refractivity contribution in [2.45, 2.75) is 32.9 Å². The summed E-state index contributed by atoms with van der Waals surface area (Å²) in [6, 6.07) is -0.343. The number of nitrogens with one attached hydrogen (secondary N) is 1. The quantitative estimate of drug-likeness (QED) is 0.707. The number of amides is 1. The number of carbonyl (C=O) groups is 1. The molecule has 0 aliphatic rings. The second kappa shape index (κ2) is 5.45. The van der Waals surface area contributed by atoms with Crippen molar-refractivity contribution < 1.29 is 4.79 Å². The Kier molecular flexibility index (Phi) is 4.23. The molecule has 6 nitrogen and oxygen atoms in total. The van der Waals surface area contributed by atoms with Crippen LogP contribution in [0.15, 0.2) is 6.20 Å². The van der Waals surface area contributed by atoms with Gasteiger partial charge in [-0.1, -0.05) is 12.1 Å². The number of carbonyl (C=O) groups excluding carboxylic acids is 1. The topological polar surface area (TPSA) is 85.8 Å². The van der Waals surface area contributed by atoms with Gasteiger partial charge in [0, 0.05) is 13.1 Å². The summed E-state index contributed by atoms with van der Waals surface area (Å²) in [4.78, 5) is 11.6. The summed E-state index contributed by atoms with van der Waals surface area (Å²) >= 11 is 0. The van der Waals surface area contributed by atoms with Crippen LogP contribution in [0, 0.1) is 0 Å². The van der Waals surface area contributed by atoms with E-state index in [-0.39, 0.29) is 11.9 Å². The zero-order chi connectivity index (χ0) is 11.3. The van der Waals surface area contributed by atoms with Gasteiger partial charge in [-0.15, -0.1) is 5.10 Å². The Hall–Kier alpha value is -1.43. The molecule has 1 heterocycles. The Bertz CT molecular complexity index is 322. The minimum Gasteiger partial charge on any atom is -0.354 e. The standard InChI is InChI=1S/C9H17N5O/c1-3-4-11-9(15)7(2)14-6-8(5-10)12-13-14/h6-7H,3-5,10H2,1-2H3,(H,11,15). The summed E-state index contributed by atoms with van der Waals surface area (Å²) in [6.45, 7) is 4.80. The fraction of sp³-hybridized carbons (Fsp3) is 0.667. The first kappa shape index (κ1) is 11.6. The number of rotatable bonds is 5. The molecule has 6 heteroatoms. The van der Waals surface area contributed by atoms with Crippen LogP contribution in [0.5, 0.6) is 0 Å². The summed E-state index contributed by atoms with van der Waals surface area (Å²) in [6.07, 6.45) is 2.61. The Morgan fingerprint density at radius 1 is 1.73 bits per heavy atom. The first-order valence-corrected chi connectivity index (χ1v) is 5.07. The largest absolute Gasteiger partial charge is 0.354 e. The minimum absolute atomic E-state index is 0.0506. The predicted molar refractivity (Wildman–Crippen MR) is 55.9 cm³/mol. The average Bonchev–Trinajstić information content (AvgIpc) is 2.73. The molecule has 0 saturated heterocycles. The molecule has 0 aromatic carbocycles. The lowest BCUT2D eigenvalue weighted by Crippen LogP contribution is -2.31. The molecule has 1 aromatic heterocycles. The molecule has 0 bridgehead atoms. The minimum atomic E-state index is -0.343. The smallest absolute Gasteiger partial charge is 0.244 e. The van der Waals surface area contributed by atoms with Gasteiger partial charge in [-0.2, -0.15) is 0 Å². The highest BCUT2D eigenvalue weighted by molar-refractivity contribution is 5.79. The maximum absolute atomic E-state index is 11.6. The Labute approximate surface area is 88.8 Å². The van der Waals surface area contributed by atoms with Crippen LogP contribution in [-0.4, -0.2) is 27.4 Å². The van der Waals surface area contributed by atoms with Crippen LogP contribution >= 0.6 is 0 Å². The van der Waals surface area contributed by atoms with E-state index in [0.29, 0.717) is 18.8 Å². The molecule has 15 heavy (non-hydrogen) atoms. The molecule has 0 aliphatic heterocycles. The third kappa shape index (κ3) is 3.02. The van der Waals surface area contributed by atoms with E-state index in [0.717, 1.165) is 6.42 Å². The SMILES string of the molecule is CCCNC(=O)C(C)n1cc(CN)nn1. The molecule has 1 atom stereocenters. The second-order valence-corrected chi connectivity index (χ2v) is 3.36. The highest BCUT2D eigenvalue weighted by Gasteiger charge is 2.15. The molecule has 0 fully saturated rings. The van der Waals surface area contributed by atoms with Crippen molar-refractivity contribution >= 4 is 5.91 Å². The highest BCUT2D eigenvalue weighted by atomic mass is 16.2. The summed E-state index contributed by atoms with van der Waals surface area (Å²) < 4.78 is 1.52. The van der Waals surface area contributed by atoms with Crippen LogP contribution in [0.25, 0.3) is 0 Å². The Morgan fingerprint density at radius 3 is 3.00 bits per heavy atom. The van der Waals surface area contributed by atoms with Crippen molar-refractivity contribution in [3.05, 3.63) is 11.9 Å². The second-order valence-electron chi connectivity index (χ2n) is 3.36. The van der Waals surface area contributed by atoms with E-state index in [2.05, 4.69) is 15.6 Å². The molecule has 1 unspecified atom stereocenters. The van der Waals surface area contributed by atoms with Gasteiger partial charge in [0.1, 0.15) is 6.04 Å². The van der Waals surface area contributed by atoms with Crippen LogP contribution in [0.4, 0.5) is 0 Å². The Morgan fingerprint density at radius 2 is 2.47 bits per heavy atom. The number of hydrogen-bond donors (Lipinski definition) is 2. The lowest BCUT2D eigenvalue weighted by Gasteiger charge is -2.10. The number of hydrogen-bond acceptors (Lipinski definition) is 4. The van der Waals surface area contributed by atoms with Crippen molar-refractivity contribution in [3.8, 4) is 0 Å². The number of nitrogens with two attached hydrogens (primary N) is 1. The molecule has 1 amide bonds. The van der Waals surface area contributed by atoms with Gasteiger partial charge in [-0.3, -0.25) is 4.79 Å². The van der Waals surface area contributed by atoms with Crippen LogP contribution < -0.4 is 11.1 Å². The first-order chi connectivity index (χ1) is 7.19. The van der Waals surface area contributed by atoms with Crippen molar-refractivity contribution in [2.75, 3.05) is 6.54 Å². The van der Waals surface area contributed by atoms with Crippen LogP contribution in [0.1, 0.15) is 32.0 Å². The third-order valence-corrected chi connectivity index (χ3v) is 2.09. The fourth-order valence-corrected chi connectivity index (χ4v) is 1.11. The lowest BCUT2D eigenvalue weighted by atomic mass is 10.3. The zero-order valence-corrected chi connectivity index (χ0v) is 9.10. The molecule has 1 rings (SSSR count). The maximum Gasteiger partial charge on any atom is 0.244 e. The Balaban J connectivity index is 2.59. The molecular formula is C9H17N5O. The van der Waals surface area contributed by atoms with Crippen LogP contribution in [-0.2, 0) is 11.3 Å². The van der Waals surface area contributed by atoms with Gasteiger partial charge in [-0.25, -0.2) is 4.68 Å². The van der Waals surface area contributed by atoms with Gasteiger partial charge >= 0.3 is 0 Å². The third-order valence-electron chi connectivity index (χ3n) is 2.09. The van der Waals surface area contributed by atoms with Gasteiger partial charge in [0.15, 0.2) is 0 Å². The van der Waals surface area contributed by atoms with Crippen LogP contribution in [0.3, 0.4) is 0 Å². The highest BCUT2D eigenvalue weighted by Crippen LogP contribution is 2.04. The summed E-state index contributed by atoms with van der Waals surface area (Å²) in [5.74, 6) is -0.0506. The number of nitrogens with zero attached hydrogens (tertiary/aromatic N) is 3. The van der Waals surface area contributed by atoms with E-state index in [1.165, 1.54) is 4.68 Å². The van der Waals surface area contributed by atoms with Crippen molar-refractivity contribution in [2.24, 2.45) is 5.73 Å². The first-order valence-electron chi connectivity index (χ1n) is 5.07. The molecular weight excluding hydrogens is 194 g/mol. The average molecular weight is 211 g/mol. The molecule has 0 spiro atoms. The van der Waals surface area contributed by atoms with Crippen molar-refractivity contribution in [1.82, 2.24) is 20.3 Å². The van der Waals surface area contributed by atoms with E-state index in [9.17, 15) is 4.79 Å². The summed E-state index contributed by atoms with van der Waals surface area (Å²) in [5.41, 5.74) is 6.09. The van der Waals surface area contributed by atoms with Gasteiger partial charge < -0.3 is 11.1 Å². The van der Waals surface area contributed by atoms with Crippen LogP contribution in [0.2, 0.25) is 0 Å². The monoisotopic (exact) mass is 211 g/mol. The number of aromatic nitrogens is 3. The van der Waals surface area contributed by atoms with E-state index < -0.39 is 0 Å². The maximum atomic E-state index is 11.6. The fourth-order valence-electron chi connectivity index (χ4n) is 1.11. The van der Waals surface area contributed by atoms with E-state index in [1.54, 1.807) is 13.1 Å². The van der Waals surface area contributed by atoms with Gasteiger partial charge in [0.2, 0.25) is 5.91 Å². The molecule has 84 valence electrons. The molecule has 0 aliphatic carbocycles. The zero-order valence-electron chi connectivity index (χ0n) is 9.10. The summed E-state index contributed by atoms with van der Waals surface area (Å²) in [7, 11) is 0. The van der Waals surface area contributed by atoms with Crippen molar-refractivity contribution in [3.63, 3.8) is 0 Å². The van der Waals surface area contributed by atoms with E-state index >= 15 is 0 Å². The van der Waals surface area contributed by atoms with E-state index in [1.807, 2.05) is 6.92 Å². The molecule has 0 saturated carbocycles. The van der Waals surface area contributed by atoms with Crippen molar-refractivity contribution in [1.29, 1.82) is 0 Å². The molecule has 1 aromatic rings. The predicted octanol–water partition coefficient (Wildman–Crippen LogP) is -0.176. The van der Waals surface area contributed by atoms with E-state index in [4.69, 9.17) is 5.73 Å². The molecule has 3 N–H and O–H groups in total. The molecule has 0 radical (unpaired) electrons. The summed E-state index contributed by atoms with van der Waals surface area (Å²) in [5, 5.41) is 10.5.